The molecule has 0 radical (unpaired) electrons. The topological polar surface area (TPSA) is 82.0 Å². The zero-order valence-electron chi connectivity index (χ0n) is 20.5. The van der Waals surface area contributed by atoms with Crippen LogP contribution >= 0.6 is 11.6 Å². The van der Waals surface area contributed by atoms with Gasteiger partial charge in [0.05, 0.1) is 11.4 Å². The molecule has 1 heterocycles. The minimum atomic E-state index is -0.847. The van der Waals surface area contributed by atoms with Crippen molar-refractivity contribution in [1.29, 1.82) is 0 Å². The summed E-state index contributed by atoms with van der Waals surface area (Å²) in [6.45, 7) is 4.05. The molecule has 0 aliphatic carbocycles. The number of carboxylic acid groups (broad SMARTS) is 1. The number of hydrogen-bond acceptors (Lipinski definition) is 4. The van der Waals surface area contributed by atoms with Gasteiger partial charge in [-0.1, -0.05) is 54.9 Å². The van der Waals surface area contributed by atoms with Gasteiger partial charge in [-0.3, -0.25) is 14.6 Å². The van der Waals surface area contributed by atoms with Gasteiger partial charge in [0.15, 0.2) is 0 Å². The predicted octanol–water partition coefficient (Wildman–Crippen LogP) is 6.06. The smallest absolute Gasteiger partial charge is 0.303 e. The normalized spacial score (nSPS) is 15.2. The molecule has 0 saturated heterocycles. The predicted molar refractivity (Wildman–Crippen MR) is 144 cm³/mol. The van der Waals surface area contributed by atoms with Crippen LogP contribution in [0.15, 0.2) is 71.7 Å². The third-order valence-corrected chi connectivity index (χ3v) is 6.45. The first-order valence-corrected chi connectivity index (χ1v) is 12.5. The second kappa shape index (κ2) is 11.5. The summed E-state index contributed by atoms with van der Waals surface area (Å²) in [5.74, 6) is -1.62. The number of fused-ring (bicyclic) bond motifs is 1. The molecule has 2 N–H and O–H groups in total. The summed E-state index contributed by atoms with van der Waals surface area (Å²) in [7, 11) is 2.10. The lowest BCUT2D eigenvalue weighted by molar-refractivity contribution is -0.137. The monoisotopic (exact) mass is 503 g/mol. The molecule has 4 rings (SSSR count). The molecule has 0 aromatic heterocycles. The minimum absolute atomic E-state index is 0.0368. The second-order valence-electron chi connectivity index (χ2n) is 9.15. The third-order valence-electron chi connectivity index (χ3n) is 6.21. The molecule has 1 unspecified atom stereocenters. The first kappa shape index (κ1) is 25.6. The number of carbonyl (C=O) groups excluding carboxylic acids is 1. The summed E-state index contributed by atoms with van der Waals surface area (Å²) in [5, 5.41) is 12.6. The van der Waals surface area contributed by atoms with Gasteiger partial charge in [0.1, 0.15) is 5.92 Å². The number of rotatable bonds is 10. The zero-order chi connectivity index (χ0) is 25.7. The van der Waals surface area contributed by atoms with Crippen LogP contribution in [0.1, 0.15) is 47.9 Å². The first-order valence-electron chi connectivity index (χ1n) is 12.1. The molecule has 1 amide bonds. The van der Waals surface area contributed by atoms with Gasteiger partial charge in [0.2, 0.25) is 5.91 Å². The number of hydrogen-bond donors (Lipinski definition) is 2. The summed E-state index contributed by atoms with van der Waals surface area (Å²) in [6, 6.07) is 21.1. The zero-order valence-corrected chi connectivity index (χ0v) is 21.3. The summed E-state index contributed by atoms with van der Waals surface area (Å²) >= 11 is 6.16. The number of halogens is 1. The third kappa shape index (κ3) is 6.20. The highest BCUT2D eigenvalue weighted by Gasteiger charge is 2.35. The molecule has 0 bridgehead atoms. The highest BCUT2D eigenvalue weighted by molar-refractivity contribution is 6.31. The number of benzene rings is 3. The molecule has 3 aromatic rings. The Morgan fingerprint density at radius 1 is 1.08 bits per heavy atom. The lowest BCUT2D eigenvalue weighted by Crippen LogP contribution is -2.22. The van der Waals surface area contributed by atoms with Gasteiger partial charge >= 0.3 is 5.97 Å². The van der Waals surface area contributed by atoms with Crippen LogP contribution in [-0.2, 0) is 22.6 Å². The molecule has 1 aliphatic heterocycles. The highest BCUT2D eigenvalue weighted by atomic mass is 35.5. The van der Waals surface area contributed by atoms with Crippen molar-refractivity contribution in [1.82, 2.24) is 4.90 Å². The number of nitrogens with one attached hydrogen (secondary N) is 1. The minimum Gasteiger partial charge on any atom is -0.481 e. The Kier molecular flexibility index (Phi) is 8.18. The van der Waals surface area contributed by atoms with E-state index in [-0.39, 0.29) is 12.3 Å². The van der Waals surface area contributed by atoms with Crippen LogP contribution in [0.4, 0.5) is 11.4 Å². The number of aliphatic carboxylic acids is 1. The van der Waals surface area contributed by atoms with Crippen LogP contribution in [-0.4, -0.2) is 41.2 Å². The van der Waals surface area contributed by atoms with Gasteiger partial charge < -0.3 is 15.3 Å². The number of carboxylic acids is 1. The highest BCUT2D eigenvalue weighted by Crippen LogP contribution is 2.38. The fraction of sp³-hybridized carbons (Fsp3) is 0.276. The molecule has 0 saturated carbocycles. The SMILES string of the molecule is CCCN(C)Cc1ccc(N=C(c2cccc(CCC(=O)O)c2)C2C(=O)Nc3cc(Cl)ccc32)cc1. The van der Waals surface area contributed by atoms with Gasteiger partial charge in [0, 0.05) is 23.7 Å². The van der Waals surface area contributed by atoms with E-state index in [2.05, 4.69) is 36.3 Å². The van der Waals surface area contributed by atoms with Crippen molar-refractivity contribution in [3.8, 4) is 0 Å². The Bertz CT molecular complexity index is 1290. The van der Waals surface area contributed by atoms with E-state index >= 15 is 0 Å². The van der Waals surface area contributed by atoms with E-state index in [1.165, 1.54) is 5.56 Å². The lowest BCUT2D eigenvalue weighted by atomic mass is 9.89. The molecular formula is C29H30ClN3O3. The molecule has 1 atom stereocenters. The standard InChI is InChI=1S/C29H30ClN3O3/c1-3-15-33(2)18-20-7-11-23(12-8-20)31-28(21-6-4-5-19(16-21)9-14-26(34)35)27-24-13-10-22(30)17-25(24)32-29(27)36/h4-8,10-13,16-17,27H,3,9,14-15,18H2,1-2H3,(H,32,36)(H,34,35). The quantitative estimate of drug-likeness (QED) is 0.330. The molecule has 6 nitrogen and oxygen atoms in total. The van der Waals surface area contributed by atoms with Crippen LogP contribution in [0, 0.1) is 0 Å². The van der Waals surface area contributed by atoms with E-state index in [0.29, 0.717) is 22.8 Å². The van der Waals surface area contributed by atoms with Gasteiger partial charge in [0.25, 0.3) is 0 Å². The Morgan fingerprint density at radius 2 is 1.86 bits per heavy atom. The molecule has 36 heavy (non-hydrogen) atoms. The summed E-state index contributed by atoms with van der Waals surface area (Å²) in [6.07, 6.45) is 1.54. The molecule has 1 aliphatic rings. The summed E-state index contributed by atoms with van der Waals surface area (Å²) in [5.41, 5.74) is 5.72. The van der Waals surface area contributed by atoms with Gasteiger partial charge in [-0.25, -0.2) is 0 Å². The van der Waals surface area contributed by atoms with Gasteiger partial charge in [-0.2, -0.15) is 0 Å². The average Bonchev–Trinajstić information content (AvgIpc) is 3.17. The van der Waals surface area contributed by atoms with E-state index in [4.69, 9.17) is 21.7 Å². The Morgan fingerprint density at radius 3 is 2.58 bits per heavy atom. The number of aryl methyl sites for hydroxylation is 1. The van der Waals surface area contributed by atoms with Crippen molar-refractivity contribution in [2.45, 2.75) is 38.6 Å². The van der Waals surface area contributed by atoms with E-state index in [0.717, 1.165) is 41.9 Å². The number of anilines is 1. The fourth-order valence-electron chi connectivity index (χ4n) is 4.53. The Balaban J connectivity index is 1.73. The summed E-state index contributed by atoms with van der Waals surface area (Å²) < 4.78 is 0. The van der Waals surface area contributed by atoms with Gasteiger partial charge in [-0.15, -0.1) is 0 Å². The largest absolute Gasteiger partial charge is 0.481 e. The van der Waals surface area contributed by atoms with E-state index < -0.39 is 11.9 Å². The van der Waals surface area contributed by atoms with Crippen LogP contribution < -0.4 is 5.32 Å². The maximum Gasteiger partial charge on any atom is 0.303 e. The van der Waals surface area contributed by atoms with Crippen LogP contribution in [0.5, 0.6) is 0 Å². The van der Waals surface area contributed by atoms with Crippen molar-refractivity contribution in [3.05, 3.63) is 94.0 Å². The summed E-state index contributed by atoms with van der Waals surface area (Å²) in [4.78, 5) is 31.5. The fourth-order valence-corrected chi connectivity index (χ4v) is 4.70. The number of aliphatic imine (C=N–C) groups is 1. The van der Waals surface area contributed by atoms with Crippen molar-refractivity contribution >= 4 is 40.6 Å². The Hall–Kier alpha value is -3.48. The van der Waals surface area contributed by atoms with Crippen molar-refractivity contribution < 1.29 is 14.7 Å². The molecule has 3 aromatic carbocycles. The van der Waals surface area contributed by atoms with E-state index in [1.807, 2.05) is 42.5 Å². The van der Waals surface area contributed by atoms with E-state index in [1.54, 1.807) is 12.1 Å². The van der Waals surface area contributed by atoms with Gasteiger partial charge in [-0.05, 0) is 79.0 Å². The maximum atomic E-state index is 13.2. The number of carbonyl (C=O) groups is 2. The maximum absolute atomic E-state index is 13.2. The lowest BCUT2D eigenvalue weighted by Gasteiger charge is -2.16. The Labute approximate surface area is 216 Å². The molecule has 0 spiro atoms. The molecule has 0 fully saturated rings. The number of nitrogens with zero attached hydrogens (tertiary/aromatic N) is 2. The number of amides is 1. The van der Waals surface area contributed by atoms with Crippen molar-refractivity contribution in [2.24, 2.45) is 4.99 Å². The molecule has 186 valence electrons. The van der Waals surface area contributed by atoms with Crippen molar-refractivity contribution in [2.75, 3.05) is 18.9 Å². The van der Waals surface area contributed by atoms with Crippen LogP contribution in [0.3, 0.4) is 0 Å². The average molecular weight is 504 g/mol. The first-order chi connectivity index (χ1) is 17.3. The second-order valence-corrected chi connectivity index (χ2v) is 9.59. The van der Waals surface area contributed by atoms with Crippen molar-refractivity contribution in [3.63, 3.8) is 0 Å². The molecule has 7 heteroatoms. The van der Waals surface area contributed by atoms with Crippen LogP contribution in [0.2, 0.25) is 5.02 Å². The molecular weight excluding hydrogens is 474 g/mol. The van der Waals surface area contributed by atoms with E-state index in [9.17, 15) is 9.59 Å². The van der Waals surface area contributed by atoms with Crippen LogP contribution in [0.25, 0.3) is 0 Å².